The van der Waals surface area contributed by atoms with Crippen LogP contribution < -0.4 is 15.2 Å². The summed E-state index contributed by atoms with van der Waals surface area (Å²) in [6, 6.07) is 8.06. The lowest BCUT2D eigenvalue weighted by Crippen LogP contribution is -2.00. The van der Waals surface area contributed by atoms with Crippen LogP contribution in [0, 0.1) is 5.82 Å². The fraction of sp³-hybridized carbons (Fsp3) is 0.143. The summed E-state index contributed by atoms with van der Waals surface area (Å²) in [7, 11) is 1.58. The molecule has 6 heteroatoms. The van der Waals surface area contributed by atoms with Gasteiger partial charge in [0.15, 0.2) is 0 Å². The first kappa shape index (κ1) is 15.1. The van der Waals surface area contributed by atoms with E-state index in [0.29, 0.717) is 22.7 Å². The number of hydrogen-bond donors (Lipinski definition) is 1. The summed E-state index contributed by atoms with van der Waals surface area (Å²) >= 11 is 6.76. The summed E-state index contributed by atoms with van der Waals surface area (Å²) in [6.07, 6.45) is 0. The van der Waals surface area contributed by atoms with Gasteiger partial charge in [0.05, 0.1) is 16.1 Å². The van der Waals surface area contributed by atoms with E-state index in [2.05, 4.69) is 31.9 Å². The first-order valence-electron chi connectivity index (χ1n) is 5.71. The molecule has 2 aromatic rings. The highest BCUT2D eigenvalue weighted by atomic mass is 79.9. The van der Waals surface area contributed by atoms with Crippen molar-refractivity contribution < 1.29 is 13.9 Å². The highest BCUT2D eigenvalue weighted by Gasteiger charge is 2.10. The van der Waals surface area contributed by atoms with Crippen LogP contribution in [0.2, 0.25) is 0 Å². The Kier molecular flexibility index (Phi) is 4.88. The Labute approximate surface area is 133 Å². The van der Waals surface area contributed by atoms with Crippen molar-refractivity contribution in [2.75, 3.05) is 12.8 Å². The van der Waals surface area contributed by atoms with Gasteiger partial charge < -0.3 is 15.2 Å². The largest absolute Gasteiger partial charge is 0.496 e. The quantitative estimate of drug-likeness (QED) is 0.762. The highest BCUT2D eigenvalue weighted by Crippen LogP contribution is 2.36. The lowest BCUT2D eigenvalue weighted by molar-refractivity contribution is 0.297. The van der Waals surface area contributed by atoms with E-state index in [1.165, 1.54) is 6.07 Å². The van der Waals surface area contributed by atoms with Crippen LogP contribution in [0.1, 0.15) is 5.56 Å². The number of benzene rings is 2. The van der Waals surface area contributed by atoms with Gasteiger partial charge in [0.2, 0.25) is 0 Å². The molecule has 0 saturated carbocycles. The molecular formula is C14H12Br2FNO2. The van der Waals surface area contributed by atoms with E-state index in [-0.39, 0.29) is 12.4 Å². The first-order valence-corrected chi connectivity index (χ1v) is 7.29. The fourth-order valence-corrected chi connectivity index (χ4v) is 2.53. The first-order chi connectivity index (χ1) is 9.51. The van der Waals surface area contributed by atoms with Crippen LogP contribution in [0.4, 0.5) is 10.1 Å². The van der Waals surface area contributed by atoms with E-state index in [4.69, 9.17) is 15.2 Å². The molecule has 0 aromatic heterocycles. The zero-order chi connectivity index (χ0) is 14.7. The van der Waals surface area contributed by atoms with Gasteiger partial charge in [-0.15, -0.1) is 0 Å². The number of nitrogen functional groups attached to an aromatic ring is 1. The molecule has 0 unspecified atom stereocenters. The van der Waals surface area contributed by atoms with Crippen molar-refractivity contribution in [1.82, 2.24) is 0 Å². The fourth-order valence-electron chi connectivity index (χ4n) is 1.61. The summed E-state index contributed by atoms with van der Waals surface area (Å²) in [5, 5.41) is 0. The maximum absolute atomic E-state index is 13.7. The van der Waals surface area contributed by atoms with Gasteiger partial charge in [-0.25, -0.2) is 4.39 Å². The third kappa shape index (κ3) is 3.43. The van der Waals surface area contributed by atoms with Crippen LogP contribution in [0.3, 0.4) is 0 Å². The summed E-state index contributed by atoms with van der Waals surface area (Å²) in [5.41, 5.74) is 6.33. The Morgan fingerprint density at radius 2 is 1.75 bits per heavy atom. The molecule has 0 radical (unpaired) electrons. The third-order valence-corrected chi connectivity index (χ3v) is 3.91. The van der Waals surface area contributed by atoms with Crippen LogP contribution in [0.25, 0.3) is 0 Å². The van der Waals surface area contributed by atoms with Crippen LogP contribution >= 0.6 is 31.9 Å². The molecular weight excluding hydrogens is 393 g/mol. The molecule has 0 amide bonds. The second-order valence-electron chi connectivity index (χ2n) is 4.06. The van der Waals surface area contributed by atoms with E-state index < -0.39 is 0 Å². The predicted molar refractivity (Wildman–Crippen MR) is 83.5 cm³/mol. The van der Waals surface area contributed by atoms with E-state index in [1.54, 1.807) is 31.4 Å². The molecule has 2 N–H and O–H groups in total. The van der Waals surface area contributed by atoms with Gasteiger partial charge in [-0.05, 0) is 56.1 Å². The van der Waals surface area contributed by atoms with Crippen molar-refractivity contribution in [1.29, 1.82) is 0 Å². The van der Waals surface area contributed by atoms with Crippen molar-refractivity contribution in [3.05, 3.63) is 50.7 Å². The summed E-state index contributed by atoms with van der Waals surface area (Å²) in [4.78, 5) is 0. The molecule has 0 aliphatic carbocycles. The average molecular weight is 405 g/mol. The molecule has 106 valence electrons. The predicted octanol–water partition coefficient (Wildman–Crippen LogP) is 4.52. The van der Waals surface area contributed by atoms with Gasteiger partial charge in [0.1, 0.15) is 23.9 Å². The third-order valence-electron chi connectivity index (χ3n) is 2.67. The number of hydrogen-bond acceptors (Lipinski definition) is 3. The molecule has 0 heterocycles. The van der Waals surface area contributed by atoms with E-state index in [1.807, 2.05) is 0 Å². The molecule has 0 saturated heterocycles. The lowest BCUT2D eigenvalue weighted by Gasteiger charge is -2.12. The number of anilines is 1. The second kappa shape index (κ2) is 6.45. The molecule has 0 spiro atoms. The van der Waals surface area contributed by atoms with Crippen molar-refractivity contribution >= 4 is 37.5 Å². The summed E-state index contributed by atoms with van der Waals surface area (Å²) in [5.74, 6) is 0.894. The molecule has 0 atom stereocenters. The van der Waals surface area contributed by atoms with Gasteiger partial charge in [-0.2, -0.15) is 0 Å². The van der Waals surface area contributed by atoms with Crippen molar-refractivity contribution in [2.24, 2.45) is 0 Å². The number of halogens is 3. The van der Waals surface area contributed by atoms with Crippen LogP contribution in [-0.4, -0.2) is 7.11 Å². The molecule has 2 rings (SSSR count). The monoisotopic (exact) mass is 403 g/mol. The van der Waals surface area contributed by atoms with E-state index in [0.717, 1.165) is 8.95 Å². The molecule has 0 aliphatic rings. The molecule has 3 nitrogen and oxygen atoms in total. The Bertz CT molecular complexity index is 635. The Morgan fingerprint density at radius 1 is 1.10 bits per heavy atom. The topological polar surface area (TPSA) is 44.5 Å². The lowest BCUT2D eigenvalue weighted by atomic mass is 10.2. The Hall–Kier alpha value is -1.27. The van der Waals surface area contributed by atoms with Gasteiger partial charge in [-0.1, -0.05) is 6.07 Å². The van der Waals surface area contributed by atoms with Crippen molar-refractivity contribution in [3.8, 4) is 11.5 Å². The molecule has 0 fully saturated rings. The number of ether oxygens (including phenoxy) is 2. The second-order valence-corrected chi connectivity index (χ2v) is 5.77. The number of nitrogens with two attached hydrogens (primary N) is 1. The van der Waals surface area contributed by atoms with E-state index >= 15 is 0 Å². The van der Waals surface area contributed by atoms with Crippen LogP contribution in [0.15, 0.2) is 39.3 Å². The van der Waals surface area contributed by atoms with Crippen molar-refractivity contribution in [2.45, 2.75) is 6.61 Å². The average Bonchev–Trinajstić information content (AvgIpc) is 2.41. The Balaban J connectivity index is 2.16. The summed E-state index contributed by atoms with van der Waals surface area (Å²) in [6.45, 7) is 0.115. The minimum atomic E-state index is -0.381. The maximum atomic E-state index is 13.7. The molecule has 20 heavy (non-hydrogen) atoms. The number of rotatable bonds is 4. The standard InChI is InChI=1S/C14H12Br2FNO2/c1-19-13-5-11(16)14(6-10(13)15)20-7-8-2-3-9(18)4-12(8)17/h2-6H,7,18H2,1H3. The van der Waals surface area contributed by atoms with Crippen LogP contribution in [0.5, 0.6) is 11.5 Å². The summed E-state index contributed by atoms with van der Waals surface area (Å²) < 4.78 is 25.9. The zero-order valence-corrected chi connectivity index (χ0v) is 13.8. The number of methoxy groups -OCH3 is 1. The van der Waals surface area contributed by atoms with E-state index in [9.17, 15) is 4.39 Å². The van der Waals surface area contributed by atoms with Gasteiger partial charge in [0, 0.05) is 11.3 Å². The molecule has 2 aromatic carbocycles. The van der Waals surface area contributed by atoms with Gasteiger partial charge in [-0.3, -0.25) is 0 Å². The van der Waals surface area contributed by atoms with Crippen molar-refractivity contribution in [3.63, 3.8) is 0 Å². The normalized spacial score (nSPS) is 10.4. The molecule has 0 bridgehead atoms. The smallest absolute Gasteiger partial charge is 0.135 e. The maximum Gasteiger partial charge on any atom is 0.135 e. The van der Waals surface area contributed by atoms with Gasteiger partial charge in [0.25, 0.3) is 0 Å². The van der Waals surface area contributed by atoms with Crippen LogP contribution in [-0.2, 0) is 6.61 Å². The highest BCUT2D eigenvalue weighted by molar-refractivity contribution is 9.11. The Morgan fingerprint density at radius 3 is 2.40 bits per heavy atom. The molecule has 0 aliphatic heterocycles. The SMILES string of the molecule is COc1cc(Br)c(OCc2ccc(N)cc2F)cc1Br. The minimum absolute atomic E-state index is 0.115. The van der Waals surface area contributed by atoms with Gasteiger partial charge >= 0.3 is 0 Å². The zero-order valence-electron chi connectivity index (χ0n) is 10.6. The minimum Gasteiger partial charge on any atom is -0.496 e.